The number of para-hydroxylation sites is 1. The summed E-state index contributed by atoms with van der Waals surface area (Å²) in [6, 6.07) is -0.902. The summed E-state index contributed by atoms with van der Waals surface area (Å²) in [7, 11) is 0. The van der Waals surface area contributed by atoms with Crippen molar-refractivity contribution in [2.45, 2.75) is 44.2 Å². The largest absolute Gasteiger partial charge is 0.481 e. The van der Waals surface area contributed by atoms with Crippen LogP contribution in [0.2, 0.25) is 0 Å². The van der Waals surface area contributed by atoms with E-state index in [0.717, 1.165) is 25.1 Å². The smallest absolute Gasteiger partial charge is 0.451 e. The molecule has 0 spiro atoms. The van der Waals surface area contributed by atoms with Crippen molar-refractivity contribution in [3.63, 3.8) is 0 Å². The number of carboxylic acids is 1. The second-order valence-electron chi connectivity index (χ2n) is 8.41. The molecule has 0 fully saturated rings. The molecule has 43 heavy (non-hydrogen) atoms. The van der Waals surface area contributed by atoms with Crippen LogP contribution in [-0.4, -0.2) is 63.2 Å². The first kappa shape index (κ1) is 34.3. The quantitative estimate of drug-likeness (QED) is 0.215. The summed E-state index contributed by atoms with van der Waals surface area (Å²) in [5.41, 5.74) is -3.01. The van der Waals surface area contributed by atoms with Crippen LogP contribution in [0.3, 0.4) is 0 Å². The van der Waals surface area contributed by atoms with Gasteiger partial charge in [0.2, 0.25) is 17.6 Å². The van der Waals surface area contributed by atoms with Crippen molar-refractivity contribution in [2.75, 3.05) is 11.9 Å². The molecule has 0 aliphatic heterocycles. The molecule has 0 unspecified atom stereocenters. The number of hydrogen-bond donors (Lipinski definition) is 4. The molecular weight excluding hydrogens is 610 g/mol. The summed E-state index contributed by atoms with van der Waals surface area (Å²) in [5.74, 6) is -13.1. The van der Waals surface area contributed by atoms with Gasteiger partial charge in [0.15, 0.2) is 18.1 Å². The number of hydrogen-bond acceptors (Lipinski definition) is 8. The van der Waals surface area contributed by atoms with Crippen molar-refractivity contribution in [2.24, 2.45) is 0 Å². The van der Waals surface area contributed by atoms with Gasteiger partial charge < -0.3 is 25.8 Å². The van der Waals surface area contributed by atoms with Gasteiger partial charge in [-0.05, 0) is 25.5 Å². The van der Waals surface area contributed by atoms with E-state index in [-0.39, 0.29) is 6.07 Å². The molecule has 1 aromatic heterocycles. The Morgan fingerprint density at radius 3 is 2.07 bits per heavy atom. The molecule has 20 heteroatoms. The standard InChI is InChI=1S/C23H19F8N5O7/c1-9(32-19(41)20(42)36-17-10(24)3-2-4-11(17)25)18(40)33-12(5-6-16(38)39)13(37)8-43-15-7-14(22(26,27)28)34-21(35-15)23(29,30)31/h2-4,7,9,12H,5-6,8H2,1H3,(H,32,41)(H,33,40)(H,36,42)(H,38,39)/t9-,12-/m0/s1. The number of Topliss-reactive ketones (excluding diaryl/α,β-unsaturated/α-hetero) is 1. The lowest BCUT2D eigenvalue weighted by Crippen LogP contribution is -2.52. The molecule has 0 aliphatic carbocycles. The van der Waals surface area contributed by atoms with Crippen LogP contribution in [0.1, 0.15) is 31.3 Å². The molecule has 12 nitrogen and oxygen atoms in total. The van der Waals surface area contributed by atoms with Gasteiger partial charge in [-0.3, -0.25) is 24.0 Å². The normalized spacial score (nSPS) is 13.0. The summed E-state index contributed by atoms with van der Waals surface area (Å²) < 4.78 is 110. The molecule has 1 aromatic carbocycles. The summed E-state index contributed by atoms with van der Waals surface area (Å²) in [6.45, 7) is -0.314. The fraction of sp³-hybridized carbons (Fsp3) is 0.348. The highest BCUT2D eigenvalue weighted by Crippen LogP contribution is 2.33. The molecule has 1 heterocycles. The third kappa shape index (κ3) is 10.1. The van der Waals surface area contributed by atoms with Crippen molar-refractivity contribution in [3.05, 3.63) is 47.4 Å². The maximum absolute atomic E-state index is 13.7. The number of nitrogens with one attached hydrogen (secondary N) is 3. The molecule has 234 valence electrons. The highest BCUT2D eigenvalue weighted by atomic mass is 19.4. The molecule has 4 N–H and O–H groups in total. The van der Waals surface area contributed by atoms with E-state index in [1.54, 1.807) is 5.32 Å². The Balaban J connectivity index is 2.12. The average molecular weight is 629 g/mol. The molecule has 2 aromatic rings. The van der Waals surface area contributed by atoms with Crippen molar-refractivity contribution < 1.29 is 68.9 Å². The molecule has 2 rings (SSSR count). The number of ether oxygens (including phenoxy) is 1. The van der Waals surface area contributed by atoms with Crippen molar-refractivity contribution in [1.82, 2.24) is 20.6 Å². The third-order valence-electron chi connectivity index (χ3n) is 5.11. The zero-order chi connectivity index (χ0) is 32.7. The van der Waals surface area contributed by atoms with E-state index in [9.17, 15) is 59.1 Å². The third-order valence-corrected chi connectivity index (χ3v) is 5.11. The second-order valence-corrected chi connectivity index (χ2v) is 8.41. The number of carbonyl (C=O) groups excluding carboxylic acids is 4. The first-order valence-electron chi connectivity index (χ1n) is 11.6. The second kappa shape index (κ2) is 13.8. The van der Waals surface area contributed by atoms with Gasteiger partial charge in [-0.25, -0.2) is 13.8 Å². The number of rotatable bonds is 11. The number of aromatic nitrogens is 2. The number of anilines is 1. The van der Waals surface area contributed by atoms with E-state index in [1.165, 1.54) is 0 Å². The van der Waals surface area contributed by atoms with Gasteiger partial charge in [-0.15, -0.1) is 0 Å². The van der Waals surface area contributed by atoms with Crippen molar-refractivity contribution in [1.29, 1.82) is 0 Å². The lowest BCUT2D eigenvalue weighted by molar-refractivity contribution is -0.153. The van der Waals surface area contributed by atoms with Crippen molar-refractivity contribution >= 4 is 35.2 Å². The van der Waals surface area contributed by atoms with Gasteiger partial charge in [0.25, 0.3) is 0 Å². The average Bonchev–Trinajstić information content (AvgIpc) is 2.90. The summed E-state index contributed by atoms with van der Waals surface area (Å²) in [5, 5.41) is 14.4. The first-order chi connectivity index (χ1) is 19.8. The Morgan fingerprint density at radius 1 is 0.930 bits per heavy atom. The van der Waals surface area contributed by atoms with E-state index < -0.39 is 108 Å². The summed E-state index contributed by atoms with van der Waals surface area (Å²) >= 11 is 0. The van der Waals surface area contributed by atoms with Crippen LogP contribution in [0.5, 0.6) is 5.88 Å². The number of aliphatic carboxylic acids is 1. The lowest BCUT2D eigenvalue weighted by atomic mass is 10.1. The molecule has 3 amide bonds. The predicted molar refractivity (Wildman–Crippen MR) is 124 cm³/mol. The Kier molecular flexibility index (Phi) is 11.0. The van der Waals surface area contributed by atoms with Crippen LogP contribution in [-0.2, 0) is 36.3 Å². The monoisotopic (exact) mass is 629 g/mol. The fourth-order valence-corrected chi connectivity index (χ4v) is 3.01. The minimum atomic E-state index is -5.43. The van der Waals surface area contributed by atoms with Gasteiger partial charge in [-0.2, -0.15) is 31.3 Å². The number of carboxylic acid groups (broad SMARTS) is 1. The number of benzene rings is 1. The van der Waals surface area contributed by atoms with E-state index in [4.69, 9.17) is 5.11 Å². The number of nitrogens with zero attached hydrogens (tertiary/aromatic N) is 2. The van der Waals surface area contributed by atoms with Crippen LogP contribution in [0.4, 0.5) is 40.8 Å². The highest BCUT2D eigenvalue weighted by molar-refractivity contribution is 6.40. The van der Waals surface area contributed by atoms with Crippen LogP contribution in [0.25, 0.3) is 0 Å². The summed E-state index contributed by atoms with van der Waals surface area (Å²) in [4.78, 5) is 65.3. The van der Waals surface area contributed by atoms with Crippen LogP contribution in [0.15, 0.2) is 24.3 Å². The minimum Gasteiger partial charge on any atom is -0.481 e. The first-order valence-corrected chi connectivity index (χ1v) is 11.6. The SMILES string of the molecule is C[C@H](NC(=O)C(=O)Nc1c(F)cccc1F)C(=O)N[C@@H](CCC(=O)O)C(=O)COc1cc(C(F)(F)F)nc(C(F)(F)F)n1. The Bertz CT molecular complexity index is 1350. The molecule has 0 radical (unpaired) electrons. The zero-order valence-electron chi connectivity index (χ0n) is 21.4. The molecular formula is C23H19F8N5O7. The Labute approximate surface area is 234 Å². The highest BCUT2D eigenvalue weighted by Gasteiger charge is 2.40. The maximum Gasteiger partial charge on any atom is 0.451 e. The van der Waals surface area contributed by atoms with Gasteiger partial charge in [0, 0.05) is 12.5 Å². The van der Waals surface area contributed by atoms with E-state index in [0.29, 0.717) is 0 Å². The fourth-order valence-electron chi connectivity index (χ4n) is 3.01. The molecule has 0 saturated heterocycles. The van der Waals surface area contributed by atoms with Crippen molar-refractivity contribution in [3.8, 4) is 5.88 Å². The lowest BCUT2D eigenvalue weighted by Gasteiger charge is -2.20. The van der Waals surface area contributed by atoms with Crippen LogP contribution in [0, 0.1) is 11.6 Å². The molecule has 2 atom stereocenters. The zero-order valence-corrected chi connectivity index (χ0v) is 21.4. The van der Waals surface area contributed by atoms with Gasteiger partial charge in [-0.1, -0.05) is 6.07 Å². The van der Waals surface area contributed by atoms with E-state index in [2.05, 4.69) is 14.7 Å². The maximum atomic E-state index is 13.7. The van der Waals surface area contributed by atoms with E-state index in [1.807, 2.05) is 10.6 Å². The molecule has 0 bridgehead atoms. The minimum absolute atomic E-state index is 0.0246. The predicted octanol–water partition coefficient (Wildman–Crippen LogP) is 2.23. The molecule has 0 aliphatic rings. The number of carbonyl (C=O) groups is 5. The van der Waals surface area contributed by atoms with Gasteiger partial charge in [0.05, 0.1) is 6.04 Å². The summed E-state index contributed by atoms with van der Waals surface area (Å²) in [6.07, 6.45) is -12.2. The molecule has 0 saturated carbocycles. The Hall–Kier alpha value is -4.91. The number of amides is 3. The van der Waals surface area contributed by atoms with Crippen LogP contribution < -0.4 is 20.7 Å². The van der Waals surface area contributed by atoms with Gasteiger partial charge >= 0.3 is 30.1 Å². The topological polar surface area (TPSA) is 177 Å². The number of alkyl halides is 6. The number of halogens is 8. The van der Waals surface area contributed by atoms with Crippen LogP contribution >= 0.6 is 0 Å². The Morgan fingerprint density at radius 2 is 1.53 bits per heavy atom. The van der Waals surface area contributed by atoms with E-state index >= 15 is 0 Å². The number of ketones is 1. The van der Waals surface area contributed by atoms with Gasteiger partial charge in [0.1, 0.15) is 23.4 Å².